The average Bonchev–Trinajstić information content (AvgIpc) is 3.08. The number of rotatable bonds is 5. The summed E-state index contributed by atoms with van der Waals surface area (Å²) in [6, 6.07) is 21.7. The summed E-state index contributed by atoms with van der Waals surface area (Å²) in [5.74, 6) is 0.414. The zero-order valence-corrected chi connectivity index (χ0v) is 16.2. The number of hydrogen-bond acceptors (Lipinski definition) is 5. The molecule has 0 atom stereocenters. The van der Waals surface area contributed by atoms with Gasteiger partial charge in [0.2, 0.25) is 5.60 Å². The van der Waals surface area contributed by atoms with Crippen molar-refractivity contribution in [2.45, 2.75) is 25.0 Å². The maximum Gasteiger partial charge on any atom is 0.202 e. The van der Waals surface area contributed by atoms with Gasteiger partial charge in [-0.3, -0.25) is 4.99 Å². The minimum absolute atomic E-state index is 0.341. The Morgan fingerprint density at radius 2 is 1.64 bits per heavy atom. The third-order valence-corrected chi connectivity index (χ3v) is 4.62. The van der Waals surface area contributed by atoms with Crippen LogP contribution in [0, 0.1) is 11.3 Å². The van der Waals surface area contributed by atoms with E-state index in [0.29, 0.717) is 11.6 Å². The Morgan fingerprint density at radius 3 is 2.07 bits per heavy atom. The van der Waals surface area contributed by atoms with Crippen LogP contribution in [0.25, 0.3) is 0 Å². The van der Waals surface area contributed by atoms with E-state index < -0.39 is 11.2 Å². The molecule has 0 amide bonds. The molecule has 1 heterocycles. The third-order valence-electron chi connectivity index (χ3n) is 4.62. The van der Waals surface area contributed by atoms with Crippen molar-refractivity contribution in [3.05, 3.63) is 95.5 Å². The number of aliphatic hydroxyl groups is 1. The van der Waals surface area contributed by atoms with Gasteiger partial charge in [-0.25, -0.2) is 0 Å². The molecule has 28 heavy (non-hydrogen) atoms. The predicted octanol–water partition coefficient (Wildman–Crippen LogP) is 3.64. The van der Waals surface area contributed by atoms with Gasteiger partial charge in [0.05, 0.1) is 23.1 Å². The second-order valence-electron chi connectivity index (χ2n) is 7.00. The maximum atomic E-state index is 10.4. The van der Waals surface area contributed by atoms with Gasteiger partial charge >= 0.3 is 0 Å². The lowest BCUT2D eigenvalue weighted by molar-refractivity contribution is 0.0807. The van der Waals surface area contributed by atoms with Crippen LogP contribution >= 0.6 is 0 Å². The molecule has 2 aromatic carbocycles. The first-order valence-electron chi connectivity index (χ1n) is 9.00. The summed E-state index contributed by atoms with van der Waals surface area (Å²) in [4.78, 5) is 4.49. The van der Waals surface area contributed by atoms with Crippen molar-refractivity contribution in [3.63, 3.8) is 0 Å². The Bertz CT molecular complexity index is 923. The summed E-state index contributed by atoms with van der Waals surface area (Å²) in [5.41, 5.74) is 0.784. The van der Waals surface area contributed by atoms with Crippen LogP contribution in [0.1, 0.15) is 25.0 Å². The van der Waals surface area contributed by atoms with Gasteiger partial charge in [-0.15, -0.1) is 0 Å². The van der Waals surface area contributed by atoms with E-state index in [0.717, 1.165) is 16.8 Å². The molecule has 142 valence electrons. The van der Waals surface area contributed by atoms with Crippen molar-refractivity contribution in [1.82, 2.24) is 5.32 Å². The smallest absolute Gasteiger partial charge is 0.202 e. The standard InChI is InChI=1S/C23H23N3O2/c1-22(2,27)19(14-15-24)26-21-16-20(25-3)23(28-21,17-10-6-4-7-11-17)18-12-8-5-9-13-18/h4-14,16,26-27H,1-3H3. The van der Waals surface area contributed by atoms with Crippen LogP contribution in [0.3, 0.4) is 0 Å². The molecule has 0 radical (unpaired) electrons. The summed E-state index contributed by atoms with van der Waals surface area (Å²) in [6.45, 7) is 3.21. The second-order valence-corrected chi connectivity index (χ2v) is 7.00. The number of allylic oxidation sites excluding steroid dienone is 1. The molecule has 0 aliphatic carbocycles. The Labute approximate surface area is 165 Å². The Kier molecular flexibility index (Phi) is 5.34. The molecule has 2 aromatic rings. The largest absolute Gasteiger partial charge is 0.456 e. The molecule has 0 aromatic heterocycles. The first-order chi connectivity index (χ1) is 13.4. The highest BCUT2D eigenvalue weighted by Gasteiger charge is 2.46. The lowest BCUT2D eigenvalue weighted by atomic mass is 9.83. The average molecular weight is 373 g/mol. The van der Waals surface area contributed by atoms with Gasteiger partial charge in [-0.1, -0.05) is 60.7 Å². The van der Waals surface area contributed by atoms with Gasteiger partial charge in [0.1, 0.15) is 0 Å². The van der Waals surface area contributed by atoms with E-state index in [9.17, 15) is 5.11 Å². The van der Waals surface area contributed by atoms with E-state index in [-0.39, 0.29) is 0 Å². The number of hydrogen-bond donors (Lipinski definition) is 2. The normalized spacial score (nSPS) is 17.6. The minimum atomic E-state index is -1.23. The maximum absolute atomic E-state index is 10.4. The number of benzene rings is 2. The number of ether oxygens (including phenoxy) is 1. The van der Waals surface area contributed by atoms with Crippen LogP contribution in [-0.4, -0.2) is 23.5 Å². The summed E-state index contributed by atoms with van der Waals surface area (Å²) in [5, 5.41) is 22.5. The van der Waals surface area contributed by atoms with Crippen molar-refractivity contribution in [3.8, 4) is 6.07 Å². The summed E-state index contributed by atoms with van der Waals surface area (Å²) < 4.78 is 6.45. The second kappa shape index (κ2) is 7.71. The van der Waals surface area contributed by atoms with Gasteiger partial charge in [0, 0.05) is 30.3 Å². The molecule has 5 nitrogen and oxygen atoms in total. The number of aliphatic imine (C=N–C) groups is 1. The zero-order chi connectivity index (χ0) is 20.2. The molecule has 3 rings (SSSR count). The van der Waals surface area contributed by atoms with E-state index in [1.807, 2.05) is 66.7 Å². The molecule has 0 bridgehead atoms. The van der Waals surface area contributed by atoms with Crippen molar-refractivity contribution < 1.29 is 9.84 Å². The van der Waals surface area contributed by atoms with Crippen molar-refractivity contribution in [2.24, 2.45) is 4.99 Å². The van der Waals surface area contributed by atoms with Gasteiger partial charge < -0.3 is 15.2 Å². The van der Waals surface area contributed by atoms with Crippen LogP contribution in [0.2, 0.25) is 0 Å². The SMILES string of the molecule is CN=C1C=C(NC(=CC#N)C(C)(C)O)OC1(c1ccccc1)c1ccccc1. The molecule has 1 aliphatic heterocycles. The lowest BCUT2D eigenvalue weighted by Gasteiger charge is -2.32. The first kappa shape index (κ1) is 19.4. The lowest BCUT2D eigenvalue weighted by Crippen LogP contribution is -2.37. The van der Waals surface area contributed by atoms with Crippen molar-refractivity contribution in [1.29, 1.82) is 5.26 Å². The van der Waals surface area contributed by atoms with Gasteiger partial charge in [0.15, 0.2) is 5.88 Å². The van der Waals surface area contributed by atoms with Crippen LogP contribution in [0.15, 0.2) is 89.4 Å². The summed E-state index contributed by atoms with van der Waals surface area (Å²) in [6.07, 6.45) is 3.08. The van der Waals surface area contributed by atoms with E-state index in [1.165, 1.54) is 6.08 Å². The first-order valence-corrected chi connectivity index (χ1v) is 9.00. The Balaban J connectivity index is 2.09. The third kappa shape index (κ3) is 3.55. The molecule has 0 unspecified atom stereocenters. The molecule has 5 heteroatoms. The van der Waals surface area contributed by atoms with E-state index in [1.54, 1.807) is 27.0 Å². The molecule has 0 spiro atoms. The Hall–Kier alpha value is -3.36. The van der Waals surface area contributed by atoms with Crippen LogP contribution < -0.4 is 5.32 Å². The highest BCUT2D eigenvalue weighted by Crippen LogP contribution is 2.41. The van der Waals surface area contributed by atoms with Crippen molar-refractivity contribution >= 4 is 5.71 Å². The van der Waals surface area contributed by atoms with Gasteiger partial charge in [-0.2, -0.15) is 5.26 Å². The van der Waals surface area contributed by atoms with E-state index >= 15 is 0 Å². The molecular formula is C23H23N3O2. The molecule has 0 saturated heterocycles. The topological polar surface area (TPSA) is 77.6 Å². The fraction of sp³-hybridized carbons (Fsp3) is 0.217. The van der Waals surface area contributed by atoms with Crippen LogP contribution in [0.4, 0.5) is 0 Å². The highest BCUT2D eigenvalue weighted by molar-refractivity contribution is 6.07. The van der Waals surface area contributed by atoms with Gasteiger partial charge in [-0.05, 0) is 13.8 Å². The van der Waals surface area contributed by atoms with Crippen LogP contribution in [-0.2, 0) is 10.3 Å². The Morgan fingerprint density at radius 1 is 1.11 bits per heavy atom. The highest BCUT2D eigenvalue weighted by atomic mass is 16.5. The molecule has 0 fully saturated rings. The predicted molar refractivity (Wildman–Crippen MR) is 109 cm³/mol. The zero-order valence-electron chi connectivity index (χ0n) is 16.2. The summed E-state index contributed by atoms with van der Waals surface area (Å²) in [7, 11) is 1.72. The molecule has 2 N–H and O–H groups in total. The number of nitriles is 1. The van der Waals surface area contributed by atoms with Crippen molar-refractivity contribution in [2.75, 3.05) is 7.05 Å². The molecule has 0 saturated carbocycles. The monoisotopic (exact) mass is 373 g/mol. The fourth-order valence-corrected chi connectivity index (χ4v) is 3.25. The quantitative estimate of drug-likeness (QED) is 0.785. The number of nitrogens with zero attached hydrogens (tertiary/aromatic N) is 2. The summed E-state index contributed by atoms with van der Waals surface area (Å²) >= 11 is 0. The fourth-order valence-electron chi connectivity index (χ4n) is 3.25. The minimum Gasteiger partial charge on any atom is -0.456 e. The number of nitrogens with one attached hydrogen (secondary N) is 1. The van der Waals surface area contributed by atoms with Gasteiger partial charge in [0.25, 0.3) is 0 Å². The van der Waals surface area contributed by atoms with E-state index in [4.69, 9.17) is 10.00 Å². The van der Waals surface area contributed by atoms with Crippen LogP contribution in [0.5, 0.6) is 0 Å². The molecular weight excluding hydrogens is 350 g/mol. The molecule has 1 aliphatic rings. The van der Waals surface area contributed by atoms with E-state index in [2.05, 4.69) is 10.3 Å².